The second-order valence-corrected chi connectivity index (χ2v) is 4.83. The minimum absolute atomic E-state index is 0.396. The molecule has 0 spiro atoms. The lowest BCUT2D eigenvalue weighted by molar-refractivity contribution is -0.0423. The zero-order valence-corrected chi connectivity index (χ0v) is 8.99. The average molecular weight is 183 g/mol. The van der Waals surface area contributed by atoms with Crippen LogP contribution in [0.5, 0.6) is 0 Å². The Labute approximate surface area is 81.3 Å². The number of rotatable bonds is 2. The van der Waals surface area contributed by atoms with Gasteiger partial charge in [0.2, 0.25) is 0 Å². The maximum atomic E-state index is 5.89. The Morgan fingerprint density at radius 1 is 1.15 bits per heavy atom. The van der Waals surface area contributed by atoms with Gasteiger partial charge in [0.05, 0.1) is 12.2 Å². The zero-order chi connectivity index (χ0) is 9.42. The molecule has 0 aromatic carbocycles. The first kappa shape index (κ1) is 9.47. The summed E-state index contributed by atoms with van der Waals surface area (Å²) in [5.74, 6) is 0. The Morgan fingerprint density at radius 2 is 1.69 bits per heavy atom. The molecule has 3 atom stereocenters. The standard InChI is InChI=1S/C11H21NO/c1-8(2)13-11-6-9-4-5-10(7-11)12(9)3/h8-11H,4-7H2,1-3H3/t9-,10+,11-. The molecule has 2 bridgehead atoms. The highest BCUT2D eigenvalue weighted by Crippen LogP contribution is 2.35. The van der Waals surface area contributed by atoms with Gasteiger partial charge in [-0.2, -0.15) is 0 Å². The van der Waals surface area contributed by atoms with E-state index in [-0.39, 0.29) is 0 Å². The van der Waals surface area contributed by atoms with Gasteiger partial charge in [-0.25, -0.2) is 0 Å². The van der Waals surface area contributed by atoms with Crippen LogP contribution in [0.2, 0.25) is 0 Å². The molecular weight excluding hydrogens is 162 g/mol. The molecule has 2 nitrogen and oxygen atoms in total. The highest BCUT2D eigenvalue weighted by atomic mass is 16.5. The average Bonchev–Trinajstić information content (AvgIpc) is 2.33. The zero-order valence-electron chi connectivity index (χ0n) is 8.99. The minimum atomic E-state index is 0.396. The number of fused-ring (bicyclic) bond motifs is 2. The molecule has 76 valence electrons. The summed E-state index contributed by atoms with van der Waals surface area (Å²) in [6.45, 7) is 4.28. The van der Waals surface area contributed by atoms with Gasteiger partial charge in [-0.1, -0.05) is 0 Å². The van der Waals surface area contributed by atoms with Gasteiger partial charge in [-0.15, -0.1) is 0 Å². The number of hydrogen-bond donors (Lipinski definition) is 0. The van der Waals surface area contributed by atoms with Gasteiger partial charge in [-0.05, 0) is 46.6 Å². The maximum absolute atomic E-state index is 5.89. The molecule has 2 aliphatic rings. The summed E-state index contributed by atoms with van der Waals surface area (Å²) in [5, 5.41) is 0. The molecule has 2 fully saturated rings. The van der Waals surface area contributed by atoms with E-state index in [9.17, 15) is 0 Å². The first-order valence-electron chi connectivity index (χ1n) is 5.54. The van der Waals surface area contributed by atoms with Crippen molar-refractivity contribution in [2.24, 2.45) is 0 Å². The van der Waals surface area contributed by atoms with Crippen LogP contribution in [0.4, 0.5) is 0 Å². The number of nitrogens with zero attached hydrogens (tertiary/aromatic N) is 1. The third-order valence-electron chi connectivity index (χ3n) is 3.52. The van der Waals surface area contributed by atoms with E-state index in [1.165, 1.54) is 25.7 Å². The van der Waals surface area contributed by atoms with Crippen LogP contribution in [0.1, 0.15) is 39.5 Å². The van der Waals surface area contributed by atoms with Crippen molar-refractivity contribution in [2.45, 2.75) is 63.8 Å². The van der Waals surface area contributed by atoms with Crippen LogP contribution >= 0.6 is 0 Å². The van der Waals surface area contributed by atoms with E-state index < -0.39 is 0 Å². The summed E-state index contributed by atoms with van der Waals surface area (Å²) < 4.78 is 5.89. The van der Waals surface area contributed by atoms with E-state index >= 15 is 0 Å². The molecule has 2 heteroatoms. The summed E-state index contributed by atoms with van der Waals surface area (Å²) >= 11 is 0. The van der Waals surface area contributed by atoms with Crippen molar-refractivity contribution >= 4 is 0 Å². The first-order valence-corrected chi connectivity index (χ1v) is 5.54. The van der Waals surface area contributed by atoms with Crippen molar-refractivity contribution in [1.29, 1.82) is 0 Å². The summed E-state index contributed by atoms with van der Waals surface area (Å²) in [6, 6.07) is 1.62. The molecule has 0 aliphatic carbocycles. The number of hydrogen-bond acceptors (Lipinski definition) is 2. The van der Waals surface area contributed by atoms with Crippen molar-refractivity contribution in [2.75, 3.05) is 7.05 Å². The fourth-order valence-electron chi connectivity index (χ4n) is 2.86. The Balaban J connectivity index is 1.91. The van der Waals surface area contributed by atoms with Gasteiger partial charge in [0.1, 0.15) is 0 Å². The van der Waals surface area contributed by atoms with E-state index in [1.807, 2.05) is 0 Å². The topological polar surface area (TPSA) is 12.5 Å². The lowest BCUT2D eigenvalue weighted by Crippen LogP contribution is -2.43. The molecular formula is C11H21NO. The fraction of sp³-hybridized carbons (Fsp3) is 1.00. The smallest absolute Gasteiger partial charge is 0.0608 e. The third kappa shape index (κ3) is 1.89. The van der Waals surface area contributed by atoms with Gasteiger partial charge < -0.3 is 9.64 Å². The molecule has 2 aliphatic heterocycles. The van der Waals surface area contributed by atoms with Crippen LogP contribution in [-0.2, 0) is 4.74 Å². The Hall–Kier alpha value is -0.0800. The van der Waals surface area contributed by atoms with Gasteiger partial charge >= 0.3 is 0 Å². The van der Waals surface area contributed by atoms with E-state index in [0.717, 1.165) is 12.1 Å². The Morgan fingerprint density at radius 3 is 2.15 bits per heavy atom. The van der Waals surface area contributed by atoms with Crippen LogP contribution in [0.15, 0.2) is 0 Å². The molecule has 0 aromatic heterocycles. The number of piperidine rings is 1. The van der Waals surface area contributed by atoms with Gasteiger partial charge in [0, 0.05) is 12.1 Å². The van der Waals surface area contributed by atoms with E-state index in [2.05, 4.69) is 25.8 Å². The van der Waals surface area contributed by atoms with Crippen molar-refractivity contribution in [3.05, 3.63) is 0 Å². The SMILES string of the molecule is CC(C)O[C@@H]1C[C@H]2CC[C@@H](C1)N2C. The fourth-order valence-corrected chi connectivity index (χ4v) is 2.86. The van der Waals surface area contributed by atoms with Crippen LogP contribution in [0, 0.1) is 0 Å². The van der Waals surface area contributed by atoms with Gasteiger partial charge in [0.25, 0.3) is 0 Å². The second kappa shape index (κ2) is 3.58. The summed E-state index contributed by atoms with van der Waals surface area (Å²) in [7, 11) is 2.27. The van der Waals surface area contributed by atoms with Crippen LogP contribution in [-0.4, -0.2) is 36.2 Å². The molecule has 13 heavy (non-hydrogen) atoms. The monoisotopic (exact) mass is 183 g/mol. The Kier molecular flexibility index (Phi) is 2.61. The highest BCUT2D eigenvalue weighted by Gasteiger charge is 2.38. The van der Waals surface area contributed by atoms with E-state index in [4.69, 9.17) is 4.74 Å². The van der Waals surface area contributed by atoms with Crippen molar-refractivity contribution in [1.82, 2.24) is 4.90 Å². The predicted octanol–water partition coefficient (Wildman–Crippen LogP) is 2.04. The molecule has 2 rings (SSSR count). The lowest BCUT2D eigenvalue weighted by atomic mass is 10.0. The largest absolute Gasteiger partial charge is 0.375 e. The molecule has 0 aromatic rings. The van der Waals surface area contributed by atoms with Crippen LogP contribution in [0.25, 0.3) is 0 Å². The molecule has 0 N–H and O–H groups in total. The maximum Gasteiger partial charge on any atom is 0.0608 e. The minimum Gasteiger partial charge on any atom is -0.375 e. The summed E-state index contributed by atoms with van der Waals surface area (Å²) in [6.07, 6.45) is 6.22. The molecule has 2 saturated heterocycles. The molecule has 0 unspecified atom stereocenters. The van der Waals surface area contributed by atoms with Crippen molar-refractivity contribution < 1.29 is 4.74 Å². The van der Waals surface area contributed by atoms with Gasteiger partial charge in [0.15, 0.2) is 0 Å². The predicted molar refractivity (Wildman–Crippen MR) is 53.8 cm³/mol. The van der Waals surface area contributed by atoms with Crippen LogP contribution < -0.4 is 0 Å². The van der Waals surface area contributed by atoms with E-state index in [1.54, 1.807) is 0 Å². The normalized spacial score (nSPS) is 40.2. The molecule has 0 saturated carbocycles. The quantitative estimate of drug-likeness (QED) is 0.649. The molecule has 0 radical (unpaired) electrons. The van der Waals surface area contributed by atoms with Crippen LogP contribution in [0.3, 0.4) is 0 Å². The van der Waals surface area contributed by atoms with Gasteiger partial charge in [-0.3, -0.25) is 0 Å². The second-order valence-electron chi connectivity index (χ2n) is 4.83. The lowest BCUT2D eigenvalue weighted by Gasteiger charge is -2.36. The summed E-state index contributed by atoms with van der Waals surface area (Å²) in [5.41, 5.74) is 0. The number of ether oxygens (including phenoxy) is 1. The first-order chi connectivity index (χ1) is 6.16. The molecule has 0 amide bonds. The highest BCUT2D eigenvalue weighted by molar-refractivity contribution is 4.93. The summed E-state index contributed by atoms with van der Waals surface area (Å²) in [4.78, 5) is 2.56. The van der Waals surface area contributed by atoms with E-state index in [0.29, 0.717) is 12.2 Å². The Bertz CT molecular complexity index is 167. The van der Waals surface area contributed by atoms with Crippen molar-refractivity contribution in [3.8, 4) is 0 Å². The van der Waals surface area contributed by atoms with Crippen molar-refractivity contribution in [3.63, 3.8) is 0 Å². The third-order valence-corrected chi connectivity index (χ3v) is 3.52. The molecule has 2 heterocycles.